The van der Waals surface area contributed by atoms with Crippen molar-refractivity contribution >= 4 is 11.9 Å². The number of ether oxygens (including phenoxy) is 2. The van der Waals surface area contributed by atoms with Gasteiger partial charge in [-0.1, -0.05) is 6.92 Å². The summed E-state index contributed by atoms with van der Waals surface area (Å²) in [6.07, 6.45) is 5.98. The first-order valence-electron chi connectivity index (χ1n) is 10.3. The molecule has 4 heterocycles. The van der Waals surface area contributed by atoms with E-state index < -0.39 is 5.79 Å². The van der Waals surface area contributed by atoms with E-state index in [0.29, 0.717) is 30.9 Å². The SMILES string of the molecule is CCC1CCCCN1C(=O)c1cc(C)nc(N2CCC3(CC2)OCCO3)n1. The molecule has 0 bridgehead atoms. The van der Waals surface area contributed by atoms with Crippen LogP contribution < -0.4 is 4.90 Å². The van der Waals surface area contributed by atoms with Crippen molar-refractivity contribution in [3.63, 3.8) is 0 Å². The number of likely N-dealkylation sites (tertiary alicyclic amines) is 1. The Kier molecular flexibility index (Phi) is 5.32. The minimum atomic E-state index is -0.416. The molecule has 1 aromatic rings. The minimum Gasteiger partial charge on any atom is -0.347 e. The first-order valence-corrected chi connectivity index (χ1v) is 10.3. The molecule has 1 amide bonds. The third-order valence-corrected chi connectivity index (χ3v) is 6.04. The zero-order valence-corrected chi connectivity index (χ0v) is 16.4. The maximum atomic E-state index is 13.1. The van der Waals surface area contributed by atoms with Gasteiger partial charge in [-0.05, 0) is 38.7 Å². The fourth-order valence-corrected chi connectivity index (χ4v) is 4.48. The fourth-order valence-electron chi connectivity index (χ4n) is 4.48. The maximum absolute atomic E-state index is 13.1. The molecule has 1 aromatic heterocycles. The van der Waals surface area contributed by atoms with Gasteiger partial charge in [-0.15, -0.1) is 0 Å². The van der Waals surface area contributed by atoms with E-state index in [0.717, 1.165) is 57.4 Å². The van der Waals surface area contributed by atoms with Crippen LogP contribution in [0.5, 0.6) is 0 Å². The molecule has 1 spiro atoms. The van der Waals surface area contributed by atoms with E-state index in [1.165, 1.54) is 6.42 Å². The summed E-state index contributed by atoms with van der Waals surface area (Å²) in [4.78, 5) is 26.6. The van der Waals surface area contributed by atoms with E-state index in [1.807, 2.05) is 17.9 Å². The lowest BCUT2D eigenvalue weighted by Crippen LogP contribution is -2.46. The van der Waals surface area contributed by atoms with Gasteiger partial charge < -0.3 is 19.3 Å². The van der Waals surface area contributed by atoms with E-state index >= 15 is 0 Å². The van der Waals surface area contributed by atoms with Crippen LogP contribution in [0.15, 0.2) is 6.07 Å². The Morgan fingerprint density at radius 3 is 2.63 bits per heavy atom. The van der Waals surface area contributed by atoms with Crippen LogP contribution in [-0.2, 0) is 9.47 Å². The predicted octanol–water partition coefficient (Wildman–Crippen LogP) is 2.53. The Morgan fingerprint density at radius 1 is 1.19 bits per heavy atom. The summed E-state index contributed by atoms with van der Waals surface area (Å²) in [7, 11) is 0. The van der Waals surface area contributed by atoms with Gasteiger partial charge in [0.15, 0.2) is 5.79 Å². The molecule has 3 fully saturated rings. The number of piperidine rings is 2. The van der Waals surface area contributed by atoms with Gasteiger partial charge in [-0.25, -0.2) is 9.97 Å². The average Bonchev–Trinajstić information content (AvgIpc) is 3.15. The monoisotopic (exact) mass is 374 g/mol. The molecule has 0 aliphatic carbocycles. The molecule has 0 radical (unpaired) electrons. The van der Waals surface area contributed by atoms with Crippen molar-refractivity contribution in [2.75, 3.05) is 37.7 Å². The van der Waals surface area contributed by atoms with Crippen LogP contribution >= 0.6 is 0 Å². The summed E-state index contributed by atoms with van der Waals surface area (Å²) in [5, 5.41) is 0. The molecule has 148 valence electrons. The van der Waals surface area contributed by atoms with E-state index in [9.17, 15) is 4.79 Å². The van der Waals surface area contributed by atoms with Crippen LogP contribution in [0.3, 0.4) is 0 Å². The largest absolute Gasteiger partial charge is 0.347 e. The predicted molar refractivity (Wildman–Crippen MR) is 102 cm³/mol. The van der Waals surface area contributed by atoms with Gasteiger partial charge in [0.2, 0.25) is 5.95 Å². The first-order chi connectivity index (χ1) is 13.1. The van der Waals surface area contributed by atoms with Gasteiger partial charge in [-0.3, -0.25) is 4.79 Å². The van der Waals surface area contributed by atoms with Crippen LogP contribution in [0, 0.1) is 6.92 Å². The molecule has 7 heteroatoms. The molecule has 0 N–H and O–H groups in total. The summed E-state index contributed by atoms with van der Waals surface area (Å²) in [5.74, 6) is 0.279. The zero-order chi connectivity index (χ0) is 18.9. The lowest BCUT2D eigenvalue weighted by molar-refractivity contribution is -0.169. The maximum Gasteiger partial charge on any atom is 0.272 e. The van der Waals surface area contributed by atoms with Crippen LogP contribution in [0.1, 0.15) is 61.6 Å². The zero-order valence-electron chi connectivity index (χ0n) is 16.4. The molecule has 3 saturated heterocycles. The molecular formula is C20H30N4O3. The topological polar surface area (TPSA) is 67.8 Å². The molecule has 3 aliphatic rings. The van der Waals surface area contributed by atoms with Crippen molar-refractivity contribution in [3.8, 4) is 0 Å². The minimum absolute atomic E-state index is 0.0456. The highest BCUT2D eigenvalue weighted by Gasteiger charge is 2.40. The Labute approximate surface area is 161 Å². The molecule has 1 unspecified atom stereocenters. The average molecular weight is 374 g/mol. The van der Waals surface area contributed by atoms with Gasteiger partial charge in [0.05, 0.1) is 13.2 Å². The van der Waals surface area contributed by atoms with Crippen molar-refractivity contribution in [3.05, 3.63) is 17.5 Å². The second-order valence-electron chi connectivity index (χ2n) is 7.85. The number of anilines is 1. The quantitative estimate of drug-likeness (QED) is 0.810. The summed E-state index contributed by atoms with van der Waals surface area (Å²) in [6, 6.07) is 2.15. The van der Waals surface area contributed by atoms with Crippen molar-refractivity contribution in [1.82, 2.24) is 14.9 Å². The van der Waals surface area contributed by atoms with Gasteiger partial charge in [-0.2, -0.15) is 0 Å². The lowest BCUT2D eigenvalue weighted by atomic mass is 9.99. The van der Waals surface area contributed by atoms with Gasteiger partial charge in [0.25, 0.3) is 5.91 Å². The van der Waals surface area contributed by atoms with Crippen molar-refractivity contribution in [1.29, 1.82) is 0 Å². The number of aromatic nitrogens is 2. The van der Waals surface area contributed by atoms with Crippen LogP contribution in [0.25, 0.3) is 0 Å². The van der Waals surface area contributed by atoms with E-state index in [1.54, 1.807) is 0 Å². The second kappa shape index (κ2) is 7.72. The normalized spacial score (nSPS) is 25.2. The number of carbonyl (C=O) groups excluding carboxylic acids is 1. The fraction of sp³-hybridized carbons (Fsp3) is 0.750. The summed E-state index contributed by atoms with van der Waals surface area (Å²) in [5.41, 5.74) is 1.36. The van der Waals surface area contributed by atoms with E-state index in [-0.39, 0.29) is 5.91 Å². The molecule has 0 aromatic carbocycles. The molecule has 4 rings (SSSR count). The molecule has 0 saturated carbocycles. The highest BCUT2D eigenvalue weighted by atomic mass is 16.7. The van der Waals surface area contributed by atoms with Crippen LogP contribution in [0.2, 0.25) is 0 Å². The third kappa shape index (κ3) is 3.80. The van der Waals surface area contributed by atoms with Crippen molar-refractivity contribution < 1.29 is 14.3 Å². The number of carbonyl (C=O) groups is 1. The Morgan fingerprint density at radius 2 is 1.93 bits per heavy atom. The van der Waals surface area contributed by atoms with Crippen LogP contribution in [0.4, 0.5) is 5.95 Å². The highest BCUT2D eigenvalue weighted by molar-refractivity contribution is 5.93. The van der Waals surface area contributed by atoms with Gasteiger partial charge in [0.1, 0.15) is 5.69 Å². The number of aryl methyl sites for hydroxylation is 1. The summed E-state index contributed by atoms with van der Waals surface area (Å²) < 4.78 is 11.6. The van der Waals surface area contributed by atoms with Gasteiger partial charge in [0, 0.05) is 44.2 Å². The molecular weight excluding hydrogens is 344 g/mol. The second-order valence-corrected chi connectivity index (χ2v) is 7.85. The number of nitrogens with zero attached hydrogens (tertiary/aromatic N) is 4. The molecule has 1 atom stereocenters. The molecule has 3 aliphatic heterocycles. The number of hydrogen-bond donors (Lipinski definition) is 0. The number of amides is 1. The van der Waals surface area contributed by atoms with Crippen LogP contribution in [-0.4, -0.2) is 65.5 Å². The molecule has 7 nitrogen and oxygen atoms in total. The smallest absolute Gasteiger partial charge is 0.272 e. The lowest BCUT2D eigenvalue weighted by Gasteiger charge is -2.38. The number of rotatable bonds is 3. The van der Waals surface area contributed by atoms with E-state index in [4.69, 9.17) is 9.47 Å². The Bertz CT molecular complexity index is 680. The number of hydrogen-bond acceptors (Lipinski definition) is 6. The first kappa shape index (κ1) is 18.6. The molecule has 27 heavy (non-hydrogen) atoms. The van der Waals surface area contributed by atoms with Crippen molar-refractivity contribution in [2.24, 2.45) is 0 Å². The third-order valence-electron chi connectivity index (χ3n) is 6.04. The summed E-state index contributed by atoms with van der Waals surface area (Å²) in [6.45, 7) is 7.82. The Hall–Kier alpha value is -1.73. The van der Waals surface area contributed by atoms with Crippen molar-refractivity contribution in [2.45, 2.75) is 64.2 Å². The summed E-state index contributed by atoms with van der Waals surface area (Å²) >= 11 is 0. The van der Waals surface area contributed by atoms with Gasteiger partial charge >= 0.3 is 0 Å². The standard InChI is InChI=1S/C20H30N4O3/c1-3-16-6-4-5-9-24(16)18(25)17-14-15(2)21-19(22-17)23-10-7-20(8-11-23)26-12-13-27-20/h14,16H,3-13H2,1-2H3. The van der Waals surface area contributed by atoms with E-state index in [2.05, 4.69) is 21.8 Å². The highest BCUT2D eigenvalue weighted by Crippen LogP contribution is 2.32. The Balaban J connectivity index is 1.50.